The van der Waals surface area contributed by atoms with Crippen molar-refractivity contribution in [3.63, 3.8) is 0 Å². The number of phosphoric acid groups is 3. The Hall–Kier alpha value is -1.64. The maximum Gasteiger partial charge on any atom is 0.490 e. The molecule has 6 atom stereocenters. The van der Waals surface area contributed by atoms with Crippen molar-refractivity contribution in [2.24, 2.45) is 11.7 Å². The van der Waals surface area contributed by atoms with Crippen LogP contribution in [0, 0.1) is 17.2 Å². The standard InChI is InChI=1S/C14H19ClN5O13P3/c15-3-2-14(17)8(5-21)9(6-30-35(26,27)33-36(28,29)32-34(23,24)25)31-12(14)20-4-1-7-10(20)18-13(16)19-11(7)22/h1,4,8-9,12,21H,5-6,17H2,(H,26,27)(H,28,29)(H2,23,24,25)(H3,16,18,19,22)/t8?,9-,12-,14?/m1/s1. The van der Waals surface area contributed by atoms with Gasteiger partial charge in [0.25, 0.3) is 5.56 Å². The van der Waals surface area contributed by atoms with Gasteiger partial charge in [-0.1, -0.05) is 5.92 Å². The van der Waals surface area contributed by atoms with Crippen LogP contribution in [0.2, 0.25) is 0 Å². The Kier molecular flexibility index (Phi) is 8.24. The number of aliphatic hydroxyl groups is 1. The third-order valence-corrected chi connectivity index (χ3v) is 8.80. The molecule has 4 unspecified atom stereocenters. The summed E-state index contributed by atoms with van der Waals surface area (Å²) in [5, 5.41) is 12.1. The monoisotopic (exact) mass is 593 g/mol. The van der Waals surface area contributed by atoms with Crippen molar-refractivity contribution in [3.05, 3.63) is 22.6 Å². The summed E-state index contributed by atoms with van der Waals surface area (Å²) >= 11 is 5.56. The number of H-pyrrole nitrogens is 1. The van der Waals surface area contributed by atoms with Crippen LogP contribution in [0.5, 0.6) is 0 Å². The van der Waals surface area contributed by atoms with Crippen LogP contribution in [0.1, 0.15) is 6.23 Å². The highest BCUT2D eigenvalue weighted by atomic mass is 35.5. The first-order valence-electron chi connectivity index (χ1n) is 9.34. The number of nitrogens with two attached hydrogens (primary N) is 2. The molecule has 3 rings (SSSR count). The Balaban J connectivity index is 1.91. The summed E-state index contributed by atoms with van der Waals surface area (Å²) in [5.74, 6) is 1.06. The van der Waals surface area contributed by atoms with E-state index in [9.17, 15) is 33.4 Å². The van der Waals surface area contributed by atoms with Gasteiger partial charge in [0.1, 0.15) is 5.54 Å². The molecule has 0 aliphatic carbocycles. The van der Waals surface area contributed by atoms with Gasteiger partial charge in [0, 0.05) is 17.5 Å². The van der Waals surface area contributed by atoms with Crippen molar-refractivity contribution < 1.29 is 56.3 Å². The summed E-state index contributed by atoms with van der Waals surface area (Å²) in [5.41, 5.74) is 9.63. The number of rotatable bonds is 9. The van der Waals surface area contributed by atoms with E-state index in [0.29, 0.717) is 0 Å². The molecule has 18 nitrogen and oxygen atoms in total. The highest BCUT2D eigenvalue weighted by Crippen LogP contribution is 2.66. The van der Waals surface area contributed by atoms with Gasteiger partial charge in [-0.2, -0.15) is 13.6 Å². The fraction of sp³-hybridized carbons (Fsp3) is 0.429. The van der Waals surface area contributed by atoms with Gasteiger partial charge in [-0.25, -0.2) is 13.7 Å². The Bertz CT molecular complexity index is 1410. The number of anilines is 1. The van der Waals surface area contributed by atoms with E-state index in [1.165, 1.54) is 16.8 Å². The van der Waals surface area contributed by atoms with E-state index in [2.05, 4.69) is 34.4 Å². The van der Waals surface area contributed by atoms with Crippen molar-refractivity contribution in [2.75, 3.05) is 18.9 Å². The lowest BCUT2D eigenvalue weighted by Crippen LogP contribution is -2.51. The van der Waals surface area contributed by atoms with Gasteiger partial charge in [-0.15, -0.1) is 0 Å². The molecule has 2 aromatic heterocycles. The second-order valence-corrected chi connectivity index (χ2v) is 11.9. The van der Waals surface area contributed by atoms with E-state index in [1.807, 2.05) is 0 Å². The molecule has 10 N–H and O–H groups in total. The van der Waals surface area contributed by atoms with Crippen molar-refractivity contribution in [2.45, 2.75) is 17.9 Å². The minimum absolute atomic E-state index is 0.0117. The van der Waals surface area contributed by atoms with Crippen LogP contribution in [-0.4, -0.2) is 64.1 Å². The molecular weight excluding hydrogens is 575 g/mol. The predicted octanol–water partition coefficient (Wildman–Crippen LogP) is -0.947. The Morgan fingerprint density at radius 1 is 1.25 bits per heavy atom. The lowest BCUT2D eigenvalue weighted by atomic mass is 9.83. The van der Waals surface area contributed by atoms with Crippen molar-refractivity contribution in [1.82, 2.24) is 14.5 Å². The summed E-state index contributed by atoms with van der Waals surface area (Å²) in [7, 11) is -16.8. The van der Waals surface area contributed by atoms with Crippen molar-refractivity contribution >= 4 is 52.1 Å². The number of aliphatic hydroxyl groups excluding tert-OH is 1. The fourth-order valence-corrected chi connectivity index (χ4v) is 6.73. The summed E-state index contributed by atoms with van der Waals surface area (Å²) in [6.07, 6.45) is -1.33. The molecule has 0 amide bonds. The van der Waals surface area contributed by atoms with E-state index in [4.69, 9.17) is 37.6 Å². The van der Waals surface area contributed by atoms with Crippen molar-refractivity contribution in [1.29, 1.82) is 0 Å². The molecule has 1 aliphatic heterocycles. The van der Waals surface area contributed by atoms with Crippen LogP contribution < -0.4 is 17.0 Å². The van der Waals surface area contributed by atoms with Crippen LogP contribution in [0.3, 0.4) is 0 Å². The van der Waals surface area contributed by atoms with E-state index < -0.39 is 66.0 Å². The van der Waals surface area contributed by atoms with E-state index in [0.717, 1.165) is 0 Å². The van der Waals surface area contributed by atoms with Gasteiger partial charge >= 0.3 is 23.5 Å². The normalized spacial score (nSPS) is 27.8. The first-order chi connectivity index (χ1) is 16.5. The number of nitrogen functional groups attached to an aromatic ring is 1. The first kappa shape index (κ1) is 28.9. The molecule has 22 heteroatoms. The number of aromatic nitrogens is 3. The largest absolute Gasteiger partial charge is 0.490 e. The van der Waals surface area contributed by atoms with Crippen LogP contribution in [-0.2, 0) is 31.6 Å². The van der Waals surface area contributed by atoms with Crippen molar-refractivity contribution in [3.8, 4) is 11.3 Å². The number of fused-ring (bicyclic) bond motifs is 1. The highest BCUT2D eigenvalue weighted by Gasteiger charge is 2.55. The first-order valence-corrected chi connectivity index (χ1v) is 14.2. The number of halogens is 1. The Morgan fingerprint density at radius 3 is 2.50 bits per heavy atom. The van der Waals surface area contributed by atoms with Crippen LogP contribution in [0.4, 0.5) is 5.95 Å². The highest BCUT2D eigenvalue weighted by molar-refractivity contribution is 7.66. The minimum Gasteiger partial charge on any atom is -0.396 e. The molecule has 0 radical (unpaired) electrons. The number of phosphoric ester groups is 1. The molecular formula is C14H19ClN5O13P3. The second-order valence-electron chi connectivity index (χ2n) is 7.27. The predicted molar refractivity (Wildman–Crippen MR) is 120 cm³/mol. The quantitative estimate of drug-likeness (QED) is 0.128. The van der Waals surface area contributed by atoms with Crippen LogP contribution in [0.25, 0.3) is 11.0 Å². The number of hydrogen-bond acceptors (Lipinski definition) is 12. The number of ether oxygens (including phenoxy) is 1. The topological polar surface area (TPSA) is 292 Å². The molecule has 1 fully saturated rings. The van der Waals surface area contributed by atoms with E-state index in [1.54, 1.807) is 0 Å². The lowest BCUT2D eigenvalue weighted by Gasteiger charge is -2.29. The third kappa shape index (κ3) is 6.25. The zero-order chi connectivity index (χ0) is 27.1. The molecule has 3 heterocycles. The summed E-state index contributed by atoms with van der Waals surface area (Å²) in [6.45, 7) is -1.66. The SMILES string of the molecule is Nc1nc2c(ccn2[C@@H]2O[C@H](COP(=O)(O)OP(=O)(O)OP(=O)(O)O)C(CO)C2(N)C#CCl)c(=O)[nH]1. The molecule has 36 heavy (non-hydrogen) atoms. The van der Waals surface area contributed by atoms with Gasteiger partial charge < -0.3 is 45.5 Å². The molecule has 2 aromatic rings. The Morgan fingerprint density at radius 2 is 1.92 bits per heavy atom. The molecule has 1 aliphatic rings. The lowest BCUT2D eigenvalue weighted by molar-refractivity contribution is -0.0365. The maximum absolute atomic E-state index is 12.2. The fourth-order valence-electron chi connectivity index (χ4n) is 3.54. The maximum atomic E-state index is 12.2. The summed E-state index contributed by atoms with van der Waals surface area (Å²) in [6, 6.07) is 1.37. The van der Waals surface area contributed by atoms with E-state index in [-0.39, 0.29) is 17.0 Å². The molecule has 0 spiro atoms. The smallest absolute Gasteiger partial charge is 0.396 e. The second kappa shape index (κ2) is 10.3. The van der Waals surface area contributed by atoms with Gasteiger partial charge in [0.15, 0.2) is 11.9 Å². The molecule has 1 saturated heterocycles. The summed E-state index contributed by atoms with van der Waals surface area (Å²) < 4.78 is 53.3. The molecule has 0 bridgehead atoms. The molecule has 0 saturated carbocycles. The van der Waals surface area contributed by atoms with Gasteiger partial charge in [0.2, 0.25) is 5.95 Å². The Labute approximate surface area is 205 Å². The average molecular weight is 594 g/mol. The van der Waals surface area contributed by atoms with Crippen LogP contribution >= 0.6 is 35.1 Å². The van der Waals surface area contributed by atoms with E-state index >= 15 is 0 Å². The minimum atomic E-state index is -5.76. The summed E-state index contributed by atoms with van der Waals surface area (Å²) in [4.78, 5) is 54.7. The zero-order valence-electron chi connectivity index (χ0n) is 17.6. The van der Waals surface area contributed by atoms with Gasteiger partial charge in [-0.3, -0.25) is 14.3 Å². The third-order valence-electron chi connectivity index (χ3n) is 4.91. The van der Waals surface area contributed by atoms with Gasteiger partial charge in [0.05, 0.1) is 24.7 Å². The average Bonchev–Trinajstić information content (AvgIpc) is 3.22. The number of nitrogens with zero attached hydrogens (tertiary/aromatic N) is 2. The number of hydrogen-bond donors (Lipinski definition) is 8. The number of nitrogens with one attached hydrogen (secondary N) is 1. The molecule has 200 valence electrons. The molecule has 0 aromatic carbocycles. The zero-order valence-corrected chi connectivity index (χ0v) is 21.0. The number of aromatic amines is 1. The van der Waals surface area contributed by atoms with Gasteiger partial charge in [-0.05, 0) is 17.7 Å². The van der Waals surface area contributed by atoms with Crippen LogP contribution in [0.15, 0.2) is 17.1 Å².